The summed E-state index contributed by atoms with van der Waals surface area (Å²) in [6.45, 7) is -0.193. The standard InChI is InChI=1S/C13H11FN2O2/c14-11-3-1-9(2-4-11)13(18)16-12-7-15-6-5-10(12)8-17/h1-7,17H,8H2,(H,16,18). The molecule has 92 valence electrons. The van der Waals surface area contributed by atoms with Crippen molar-refractivity contribution in [2.75, 3.05) is 5.32 Å². The zero-order valence-corrected chi connectivity index (χ0v) is 9.43. The van der Waals surface area contributed by atoms with E-state index in [1.165, 1.54) is 36.7 Å². The predicted octanol–water partition coefficient (Wildman–Crippen LogP) is 1.97. The van der Waals surface area contributed by atoms with E-state index in [-0.39, 0.29) is 12.5 Å². The molecule has 1 aromatic heterocycles. The van der Waals surface area contributed by atoms with Crippen molar-refractivity contribution < 1.29 is 14.3 Å². The average Bonchev–Trinajstić information content (AvgIpc) is 2.40. The van der Waals surface area contributed by atoms with Gasteiger partial charge in [-0.25, -0.2) is 4.39 Å². The number of hydrogen-bond donors (Lipinski definition) is 2. The van der Waals surface area contributed by atoms with E-state index in [1.807, 2.05) is 0 Å². The van der Waals surface area contributed by atoms with Gasteiger partial charge < -0.3 is 10.4 Å². The third-order valence-corrected chi connectivity index (χ3v) is 2.44. The molecule has 2 N–H and O–H groups in total. The summed E-state index contributed by atoms with van der Waals surface area (Å²) in [6.07, 6.45) is 2.98. The second-order valence-electron chi connectivity index (χ2n) is 3.65. The molecule has 1 aromatic carbocycles. The zero-order valence-electron chi connectivity index (χ0n) is 9.43. The first-order chi connectivity index (χ1) is 8.70. The molecule has 0 aliphatic rings. The molecule has 0 spiro atoms. The van der Waals surface area contributed by atoms with E-state index >= 15 is 0 Å². The number of carbonyl (C=O) groups excluding carboxylic acids is 1. The van der Waals surface area contributed by atoms with Crippen LogP contribution < -0.4 is 5.32 Å². The van der Waals surface area contributed by atoms with Crippen LogP contribution in [0.2, 0.25) is 0 Å². The number of pyridine rings is 1. The van der Waals surface area contributed by atoms with Gasteiger partial charge in [0.1, 0.15) is 5.82 Å². The Labute approximate surface area is 103 Å². The third kappa shape index (κ3) is 2.70. The van der Waals surface area contributed by atoms with Crippen LogP contribution in [0.25, 0.3) is 0 Å². The van der Waals surface area contributed by atoms with Crippen LogP contribution in [-0.2, 0) is 6.61 Å². The van der Waals surface area contributed by atoms with Crippen LogP contribution in [-0.4, -0.2) is 16.0 Å². The Morgan fingerprint density at radius 1 is 1.28 bits per heavy atom. The third-order valence-electron chi connectivity index (χ3n) is 2.44. The summed E-state index contributed by atoms with van der Waals surface area (Å²) in [6, 6.07) is 6.82. The average molecular weight is 246 g/mol. The number of aliphatic hydroxyl groups excluding tert-OH is 1. The van der Waals surface area contributed by atoms with Crippen molar-refractivity contribution in [2.24, 2.45) is 0 Å². The van der Waals surface area contributed by atoms with Crippen molar-refractivity contribution in [3.8, 4) is 0 Å². The molecule has 2 rings (SSSR count). The van der Waals surface area contributed by atoms with Crippen molar-refractivity contribution >= 4 is 11.6 Å². The number of nitrogens with zero attached hydrogens (tertiary/aromatic N) is 1. The highest BCUT2D eigenvalue weighted by molar-refractivity contribution is 6.04. The van der Waals surface area contributed by atoms with Crippen LogP contribution in [0.15, 0.2) is 42.7 Å². The SMILES string of the molecule is O=C(Nc1cnccc1CO)c1ccc(F)cc1. The predicted molar refractivity (Wildman–Crippen MR) is 64.5 cm³/mol. The van der Waals surface area contributed by atoms with Crippen molar-refractivity contribution in [1.29, 1.82) is 0 Å². The van der Waals surface area contributed by atoms with Crippen LogP contribution in [0.4, 0.5) is 10.1 Å². The molecule has 2 aromatic rings. The number of aliphatic hydroxyl groups is 1. The van der Waals surface area contributed by atoms with E-state index in [1.54, 1.807) is 6.07 Å². The summed E-state index contributed by atoms with van der Waals surface area (Å²) in [7, 11) is 0. The van der Waals surface area contributed by atoms with Gasteiger partial charge in [-0.05, 0) is 30.3 Å². The molecule has 0 saturated heterocycles. The van der Waals surface area contributed by atoms with Crippen LogP contribution >= 0.6 is 0 Å². The van der Waals surface area contributed by atoms with Crippen LogP contribution in [0.5, 0.6) is 0 Å². The number of halogens is 1. The molecule has 5 heteroatoms. The van der Waals surface area contributed by atoms with Crippen molar-refractivity contribution in [3.05, 3.63) is 59.7 Å². The molecule has 1 heterocycles. The van der Waals surface area contributed by atoms with Crippen molar-refractivity contribution in [1.82, 2.24) is 4.98 Å². The van der Waals surface area contributed by atoms with Crippen LogP contribution in [0, 0.1) is 5.82 Å². The first-order valence-corrected chi connectivity index (χ1v) is 5.31. The van der Waals surface area contributed by atoms with E-state index in [0.29, 0.717) is 16.8 Å². The van der Waals surface area contributed by atoms with Gasteiger partial charge >= 0.3 is 0 Å². The Morgan fingerprint density at radius 2 is 2.00 bits per heavy atom. The number of hydrogen-bond acceptors (Lipinski definition) is 3. The second-order valence-corrected chi connectivity index (χ2v) is 3.65. The normalized spacial score (nSPS) is 10.1. The van der Waals surface area contributed by atoms with Gasteiger partial charge in [0.15, 0.2) is 0 Å². The molecule has 0 fully saturated rings. The van der Waals surface area contributed by atoms with Gasteiger partial charge in [-0.3, -0.25) is 9.78 Å². The van der Waals surface area contributed by atoms with Gasteiger partial charge in [-0.15, -0.1) is 0 Å². The molecule has 0 atom stereocenters. The smallest absolute Gasteiger partial charge is 0.255 e. The van der Waals surface area contributed by atoms with E-state index in [0.717, 1.165) is 0 Å². The van der Waals surface area contributed by atoms with Gasteiger partial charge in [0.2, 0.25) is 0 Å². The van der Waals surface area contributed by atoms with Crippen LogP contribution in [0.3, 0.4) is 0 Å². The number of nitrogens with one attached hydrogen (secondary N) is 1. The molecule has 0 aliphatic heterocycles. The summed E-state index contributed by atoms with van der Waals surface area (Å²) in [5.41, 5.74) is 1.35. The molecule has 0 saturated carbocycles. The summed E-state index contributed by atoms with van der Waals surface area (Å²) in [4.78, 5) is 15.7. The highest BCUT2D eigenvalue weighted by atomic mass is 19.1. The fourth-order valence-electron chi connectivity index (χ4n) is 1.47. The number of benzene rings is 1. The number of amides is 1. The van der Waals surface area contributed by atoms with E-state index < -0.39 is 5.82 Å². The fraction of sp³-hybridized carbons (Fsp3) is 0.0769. The minimum absolute atomic E-state index is 0.193. The number of carbonyl (C=O) groups is 1. The molecule has 0 bridgehead atoms. The summed E-state index contributed by atoms with van der Waals surface area (Å²) < 4.78 is 12.7. The summed E-state index contributed by atoms with van der Waals surface area (Å²) >= 11 is 0. The minimum Gasteiger partial charge on any atom is -0.392 e. The Hall–Kier alpha value is -2.27. The molecule has 18 heavy (non-hydrogen) atoms. The largest absolute Gasteiger partial charge is 0.392 e. The Morgan fingerprint density at radius 3 is 2.67 bits per heavy atom. The highest BCUT2D eigenvalue weighted by Gasteiger charge is 2.08. The Balaban J connectivity index is 2.18. The fourth-order valence-corrected chi connectivity index (χ4v) is 1.47. The lowest BCUT2D eigenvalue weighted by atomic mass is 10.2. The van der Waals surface area contributed by atoms with Gasteiger partial charge in [0.25, 0.3) is 5.91 Å². The topological polar surface area (TPSA) is 62.2 Å². The number of rotatable bonds is 3. The van der Waals surface area contributed by atoms with Gasteiger partial charge in [-0.1, -0.05) is 0 Å². The maximum absolute atomic E-state index is 12.7. The maximum Gasteiger partial charge on any atom is 0.255 e. The molecular weight excluding hydrogens is 235 g/mol. The van der Waals surface area contributed by atoms with Gasteiger partial charge in [0.05, 0.1) is 18.5 Å². The van der Waals surface area contributed by atoms with Gasteiger partial charge in [0, 0.05) is 17.3 Å². The number of aromatic nitrogens is 1. The first-order valence-electron chi connectivity index (χ1n) is 5.31. The summed E-state index contributed by atoms with van der Waals surface area (Å²) in [5, 5.41) is 11.7. The molecule has 0 aliphatic carbocycles. The van der Waals surface area contributed by atoms with E-state index in [2.05, 4.69) is 10.3 Å². The first kappa shape index (κ1) is 12.2. The molecule has 0 radical (unpaired) electrons. The lowest BCUT2D eigenvalue weighted by Gasteiger charge is -2.08. The molecule has 1 amide bonds. The lowest BCUT2D eigenvalue weighted by molar-refractivity contribution is 0.102. The van der Waals surface area contributed by atoms with E-state index in [9.17, 15) is 9.18 Å². The second kappa shape index (κ2) is 5.37. The Bertz CT molecular complexity index is 555. The summed E-state index contributed by atoms with van der Waals surface area (Å²) in [5.74, 6) is -0.776. The maximum atomic E-state index is 12.7. The highest BCUT2D eigenvalue weighted by Crippen LogP contribution is 2.14. The zero-order chi connectivity index (χ0) is 13.0. The minimum atomic E-state index is -0.399. The molecule has 4 nitrogen and oxygen atoms in total. The van der Waals surface area contributed by atoms with Crippen LogP contribution in [0.1, 0.15) is 15.9 Å². The number of anilines is 1. The lowest BCUT2D eigenvalue weighted by Crippen LogP contribution is -2.13. The monoisotopic (exact) mass is 246 g/mol. The molecule has 0 unspecified atom stereocenters. The molecular formula is C13H11FN2O2. The van der Waals surface area contributed by atoms with E-state index in [4.69, 9.17) is 5.11 Å². The quantitative estimate of drug-likeness (QED) is 0.870. The van der Waals surface area contributed by atoms with Gasteiger partial charge in [-0.2, -0.15) is 0 Å². The van der Waals surface area contributed by atoms with Crippen molar-refractivity contribution in [2.45, 2.75) is 6.61 Å². The van der Waals surface area contributed by atoms with Crippen molar-refractivity contribution in [3.63, 3.8) is 0 Å². The Kier molecular flexibility index (Phi) is 3.64.